The Morgan fingerprint density at radius 3 is 2.48 bits per heavy atom. The number of carbonyl (C=O) groups is 1. The maximum absolute atomic E-state index is 13.8. The SMILES string of the molecule is CCC(NC(=O)[C@@]1(C)CCC[C@]2(C)c3ccc(C(C)C)cc3CC[C@@H]12)c1ccccc1. The minimum absolute atomic E-state index is 0.0852. The highest BCUT2D eigenvalue weighted by atomic mass is 16.2. The van der Waals surface area contributed by atoms with Crippen molar-refractivity contribution in [1.82, 2.24) is 5.32 Å². The van der Waals surface area contributed by atoms with Crippen LogP contribution in [0.15, 0.2) is 48.5 Å². The second-order valence-electron chi connectivity index (χ2n) is 10.7. The first-order valence-corrected chi connectivity index (χ1v) is 12.3. The van der Waals surface area contributed by atoms with Crippen molar-refractivity contribution < 1.29 is 4.79 Å². The van der Waals surface area contributed by atoms with Gasteiger partial charge < -0.3 is 5.32 Å². The van der Waals surface area contributed by atoms with Gasteiger partial charge in [0.2, 0.25) is 5.91 Å². The van der Waals surface area contributed by atoms with Crippen molar-refractivity contribution >= 4 is 5.91 Å². The highest BCUT2D eigenvalue weighted by Crippen LogP contribution is 2.57. The first-order valence-electron chi connectivity index (χ1n) is 12.3. The van der Waals surface area contributed by atoms with Crippen LogP contribution in [0, 0.1) is 11.3 Å². The van der Waals surface area contributed by atoms with Gasteiger partial charge in [-0.05, 0) is 71.6 Å². The molecule has 2 aliphatic carbocycles. The molecule has 0 spiro atoms. The lowest BCUT2D eigenvalue weighted by Gasteiger charge is -2.54. The van der Waals surface area contributed by atoms with E-state index in [0.717, 1.165) is 32.1 Å². The van der Waals surface area contributed by atoms with Crippen LogP contribution in [0.3, 0.4) is 0 Å². The van der Waals surface area contributed by atoms with E-state index in [9.17, 15) is 4.79 Å². The van der Waals surface area contributed by atoms with Crippen LogP contribution < -0.4 is 5.32 Å². The molecule has 1 N–H and O–H groups in total. The molecule has 4 atom stereocenters. The number of hydrogen-bond acceptors (Lipinski definition) is 1. The summed E-state index contributed by atoms with van der Waals surface area (Å²) in [5.41, 5.74) is 5.43. The lowest BCUT2D eigenvalue weighted by atomic mass is 9.49. The van der Waals surface area contributed by atoms with Crippen molar-refractivity contribution in [2.75, 3.05) is 0 Å². The Labute approximate surface area is 188 Å². The molecule has 1 unspecified atom stereocenters. The van der Waals surface area contributed by atoms with Crippen molar-refractivity contribution in [2.45, 2.75) is 90.5 Å². The van der Waals surface area contributed by atoms with E-state index in [-0.39, 0.29) is 22.8 Å². The van der Waals surface area contributed by atoms with Crippen LogP contribution >= 0.6 is 0 Å². The van der Waals surface area contributed by atoms with Gasteiger partial charge in [0.25, 0.3) is 0 Å². The molecule has 0 heterocycles. The largest absolute Gasteiger partial charge is 0.349 e. The number of aryl methyl sites for hydroxylation is 1. The molecule has 1 amide bonds. The summed E-state index contributed by atoms with van der Waals surface area (Å²) in [7, 11) is 0. The van der Waals surface area contributed by atoms with Crippen LogP contribution in [0.4, 0.5) is 0 Å². The number of benzene rings is 2. The fourth-order valence-electron chi connectivity index (χ4n) is 6.57. The smallest absolute Gasteiger partial charge is 0.226 e. The molecular formula is C29H39NO. The number of nitrogens with one attached hydrogen (secondary N) is 1. The van der Waals surface area contributed by atoms with Gasteiger partial charge >= 0.3 is 0 Å². The normalized spacial score (nSPS) is 28.5. The van der Waals surface area contributed by atoms with Crippen molar-refractivity contribution in [3.8, 4) is 0 Å². The summed E-state index contributed by atoms with van der Waals surface area (Å²) in [5, 5.41) is 3.45. The highest BCUT2D eigenvalue weighted by molar-refractivity contribution is 5.83. The topological polar surface area (TPSA) is 29.1 Å². The van der Waals surface area contributed by atoms with E-state index in [1.165, 1.54) is 28.7 Å². The number of amides is 1. The van der Waals surface area contributed by atoms with Gasteiger partial charge in [0.1, 0.15) is 0 Å². The van der Waals surface area contributed by atoms with E-state index in [1.54, 1.807) is 0 Å². The lowest BCUT2D eigenvalue weighted by molar-refractivity contribution is -0.139. The van der Waals surface area contributed by atoms with E-state index in [1.807, 2.05) is 6.07 Å². The summed E-state index contributed by atoms with van der Waals surface area (Å²) < 4.78 is 0. The lowest BCUT2D eigenvalue weighted by Crippen LogP contribution is -2.55. The number of carbonyl (C=O) groups excluding carboxylic acids is 1. The Kier molecular flexibility index (Phi) is 6.03. The number of fused-ring (bicyclic) bond motifs is 3. The Hall–Kier alpha value is -2.09. The van der Waals surface area contributed by atoms with E-state index in [4.69, 9.17) is 0 Å². The third-order valence-electron chi connectivity index (χ3n) is 8.48. The summed E-state index contributed by atoms with van der Waals surface area (Å²) in [6.45, 7) is 11.4. The molecule has 0 radical (unpaired) electrons. The molecule has 0 saturated heterocycles. The number of rotatable bonds is 5. The predicted molar refractivity (Wildman–Crippen MR) is 129 cm³/mol. The maximum atomic E-state index is 13.8. The first kappa shape index (κ1) is 22.1. The molecular weight excluding hydrogens is 378 g/mol. The van der Waals surface area contributed by atoms with Gasteiger partial charge in [0, 0.05) is 0 Å². The van der Waals surface area contributed by atoms with Gasteiger partial charge in [-0.15, -0.1) is 0 Å². The zero-order valence-corrected chi connectivity index (χ0v) is 20.0. The van der Waals surface area contributed by atoms with Crippen LogP contribution in [-0.2, 0) is 16.6 Å². The van der Waals surface area contributed by atoms with Gasteiger partial charge in [-0.1, -0.05) is 89.6 Å². The summed E-state index contributed by atoms with van der Waals surface area (Å²) in [6, 6.07) is 17.7. The summed E-state index contributed by atoms with van der Waals surface area (Å²) >= 11 is 0. The molecule has 2 nitrogen and oxygen atoms in total. The maximum Gasteiger partial charge on any atom is 0.226 e. The van der Waals surface area contributed by atoms with Gasteiger partial charge in [-0.2, -0.15) is 0 Å². The van der Waals surface area contributed by atoms with Crippen LogP contribution in [-0.4, -0.2) is 5.91 Å². The van der Waals surface area contributed by atoms with Crippen LogP contribution in [0.25, 0.3) is 0 Å². The number of hydrogen-bond donors (Lipinski definition) is 1. The Bertz CT molecular complexity index is 933. The first-order chi connectivity index (χ1) is 14.8. The molecule has 31 heavy (non-hydrogen) atoms. The summed E-state index contributed by atoms with van der Waals surface area (Å²) in [4.78, 5) is 13.8. The highest BCUT2D eigenvalue weighted by Gasteiger charge is 2.55. The zero-order valence-electron chi connectivity index (χ0n) is 20.0. The molecule has 1 fully saturated rings. The fourth-order valence-corrected chi connectivity index (χ4v) is 6.57. The molecule has 2 heteroatoms. The standard InChI is InChI=1S/C29H39NO/c1-6-25(21-11-8-7-9-12-21)30-27(31)29(5)18-10-17-28(4)24-15-13-22(20(2)3)19-23(24)14-16-26(28)29/h7-9,11-13,15,19-20,25-26H,6,10,14,16-18H2,1-5H3,(H,30,31)/t25?,26-,28-,29+/m1/s1. The Morgan fingerprint density at radius 1 is 1.06 bits per heavy atom. The van der Waals surface area contributed by atoms with Crippen LogP contribution in [0.2, 0.25) is 0 Å². The minimum atomic E-state index is -0.316. The Morgan fingerprint density at radius 2 is 1.81 bits per heavy atom. The zero-order chi connectivity index (χ0) is 22.2. The van der Waals surface area contributed by atoms with E-state index < -0.39 is 0 Å². The van der Waals surface area contributed by atoms with E-state index in [0.29, 0.717) is 11.8 Å². The monoisotopic (exact) mass is 417 g/mol. The summed E-state index contributed by atoms with van der Waals surface area (Å²) in [5.74, 6) is 1.20. The van der Waals surface area contributed by atoms with Crippen molar-refractivity contribution in [1.29, 1.82) is 0 Å². The van der Waals surface area contributed by atoms with Crippen LogP contribution in [0.5, 0.6) is 0 Å². The molecule has 4 rings (SSSR count). The van der Waals surface area contributed by atoms with Gasteiger partial charge in [-0.25, -0.2) is 0 Å². The van der Waals surface area contributed by atoms with E-state index >= 15 is 0 Å². The summed E-state index contributed by atoms with van der Waals surface area (Å²) in [6.07, 6.45) is 6.40. The third kappa shape index (κ3) is 3.83. The second-order valence-corrected chi connectivity index (χ2v) is 10.7. The fraction of sp³-hybridized carbons (Fsp3) is 0.552. The van der Waals surface area contributed by atoms with Crippen LogP contribution in [0.1, 0.15) is 101 Å². The molecule has 0 aliphatic heterocycles. The average Bonchev–Trinajstić information content (AvgIpc) is 2.77. The molecule has 2 aromatic carbocycles. The predicted octanol–water partition coefficient (Wildman–Crippen LogP) is 7.09. The van der Waals surface area contributed by atoms with E-state index in [2.05, 4.69) is 82.4 Å². The quantitative estimate of drug-likeness (QED) is 0.553. The average molecular weight is 418 g/mol. The minimum Gasteiger partial charge on any atom is -0.349 e. The van der Waals surface area contributed by atoms with Crippen molar-refractivity contribution in [3.05, 3.63) is 70.8 Å². The second kappa shape index (κ2) is 8.45. The Balaban J connectivity index is 1.63. The van der Waals surface area contributed by atoms with Crippen molar-refractivity contribution in [2.24, 2.45) is 11.3 Å². The van der Waals surface area contributed by atoms with Gasteiger partial charge in [0.05, 0.1) is 11.5 Å². The molecule has 2 aliphatic rings. The molecule has 0 bridgehead atoms. The van der Waals surface area contributed by atoms with Gasteiger partial charge in [0.15, 0.2) is 0 Å². The van der Waals surface area contributed by atoms with Crippen molar-refractivity contribution in [3.63, 3.8) is 0 Å². The van der Waals surface area contributed by atoms with Gasteiger partial charge in [-0.3, -0.25) is 4.79 Å². The molecule has 1 saturated carbocycles. The molecule has 0 aromatic heterocycles. The molecule has 166 valence electrons. The third-order valence-corrected chi connectivity index (χ3v) is 8.48. The molecule has 2 aromatic rings.